The molecule has 1 aliphatic rings. The van der Waals surface area contributed by atoms with Gasteiger partial charge in [-0.25, -0.2) is 19.3 Å². The summed E-state index contributed by atoms with van der Waals surface area (Å²) in [6.07, 6.45) is -8.44. The fourth-order valence-corrected chi connectivity index (χ4v) is 7.96. The number of phosphoric ester groups is 3. The lowest BCUT2D eigenvalue weighted by Gasteiger charge is -2.36. The lowest BCUT2D eigenvalue weighted by Crippen LogP contribution is -2.46. The van der Waals surface area contributed by atoms with Gasteiger partial charge in [-0.3, -0.25) is 28.1 Å². The first-order chi connectivity index (χ1) is 25.4. The van der Waals surface area contributed by atoms with Crippen LogP contribution in [0.25, 0.3) is 11.2 Å². The second-order valence-electron chi connectivity index (χ2n) is 12.1. The number of aliphatic carboxylic acids is 1. The molecule has 26 nitrogen and oxygen atoms in total. The number of nitrogens with zero attached hydrogens (tertiary/aromatic N) is 4. The van der Waals surface area contributed by atoms with Crippen molar-refractivity contribution in [1.82, 2.24) is 30.2 Å². The number of hydrogen-bond acceptors (Lipinski definition) is 24. The van der Waals surface area contributed by atoms with Crippen molar-refractivity contribution in [2.24, 2.45) is 5.41 Å². The van der Waals surface area contributed by atoms with Crippen LogP contribution in [0.4, 0.5) is 5.82 Å². The first-order valence-electron chi connectivity index (χ1n) is 15.6. The number of rotatable bonds is 22. The van der Waals surface area contributed by atoms with Gasteiger partial charge in [-0.1, -0.05) is 25.6 Å². The van der Waals surface area contributed by atoms with Crippen LogP contribution in [0.3, 0.4) is 0 Å². The van der Waals surface area contributed by atoms with Crippen LogP contribution in [-0.2, 0) is 55.5 Å². The molecule has 1 aliphatic heterocycles. The largest absolute Gasteiger partial charge is 0.790 e. The van der Waals surface area contributed by atoms with Crippen molar-refractivity contribution < 1.29 is 90.4 Å². The molecule has 3 heterocycles. The van der Waals surface area contributed by atoms with Gasteiger partial charge in [0.05, 0.1) is 27.4 Å². The fourth-order valence-electron chi connectivity index (χ4n) is 4.55. The Morgan fingerprint density at radius 1 is 1.04 bits per heavy atom. The Hall–Kier alpha value is -2.97. The highest BCUT2D eigenvalue weighted by Crippen LogP contribution is 2.56. The van der Waals surface area contributed by atoms with Gasteiger partial charge in [0, 0.05) is 43.1 Å². The molecule has 7 unspecified atom stereocenters. The molecule has 0 aromatic carbocycles. The lowest BCUT2D eigenvalue weighted by atomic mass is 9.87. The van der Waals surface area contributed by atoms with Gasteiger partial charge in [-0.2, -0.15) is 0 Å². The van der Waals surface area contributed by atoms with Crippen molar-refractivity contribution in [2.45, 2.75) is 63.8 Å². The molecule has 2 amide bonds. The smallest absolute Gasteiger partial charge is 0.274 e. The lowest BCUT2D eigenvalue weighted by molar-refractivity contribution is -0.347. The van der Waals surface area contributed by atoms with Crippen molar-refractivity contribution >= 4 is 75.1 Å². The number of carboxylic acid groups (broad SMARTS) is 1. The molecule has 0 saturated carbocycles. The normalized spacial score (nSPS) is 21.7. The average Bonchev–Trinajstić information content (AvgIpc) is 3.63. The molecular weight excluding hydrogens is 827 g/mol. The van der Waals surface area contributed by atoms with Gasteiger partial charge in [0.15, 0.2) is 22.8 Å². The molecule has 55 heavy (non-hydrogen) atoms. The van der Waals surface area contributed by atoms with Crippen molar-refractivity contribution in [3.05, 3.63) is 12.7 Å². The minimum absolute atomic E-state index is 0.0317. The third-order valence-corrected chi connectivity index (χ3v) is 11.2. The number of anilines is 1. The van der Waals surface area contributed by atoms with Crippen LogP contribution in [0.1, 0.15) is 39.3 Å². The van der Waals surface area contributed by atoms with E-state index in [1.165, 1.54) is 0 Å². The molecule has 1 saturated heterocycles. The molecule has 3 rings (SSSR count). The number of nitrogens with two attached hydrogens (primary N) is 1. The Morgan fingerprint density at radius 3 is 2.36 bits per heavy atom. The molecule has 2 aromatic heterocycles. The molecule has 0 bridgehead atoms. The zero-order chi connectivity index (χ0) is 41.4. The Bertz CT molecular complexity index is 1850. The van der Waals surface area contributed by atoms with E-state index in [0.717, 1.165) is 42.8 Å². The maximum Gasteiger partial charge on any atom is 0.274 e. The number of hydrogen-bond donors (Lipinski definition) is 5. The van der Waals surface area contributed by atoms with Crippen molar-refractivity contribution in [3.8, 4) is 0 Å². The summed E-state index contributed by atoms with van der Waals surface area (Å²) >= 11 is 0.809. The van der Waals surface area contributed by atoms with Crippen LogP contribution in [0.15, 0.2) is 12.7 Å². The second-order valence-corrected chi connectivity index (χ2v) is 17.3. The van der Waals surface area contributed by atoms with E-state index in [-0.39, 0.29) is 48.7 Å². The van der Waals surface area contributed by atoms with Gasteiger partial charge in [-0.05, 0) is 6.42 Å². The first-order valence-corrected chi connectivity index (χ1v) is 21.0. The zero-order valence-electron chi connectivity index (χ0n) is 28.6. The summed E-state index contributed by atoms with van der Waals surface area (Å²) in [5, 5.41) is 35.9. The van der Waals surface area contributed by atoms with Crippen LogP contribution in [-0.4, -0.2) is 109 Å². The highest BCUT2D eigenvalue weighted by atomic mass is 32.2. The van der Waals surface area contributed by atoms with Crippen LogP contribution >= 0.6 is 35.2 Å². The quantitative estimate of drug-likeness (QED) is 0.0545. The van der Waals surface area contributed by atoms with Crippen molar-refractivity contribution in [2.75, 3.05) is 37.8 Å². The minimum atomic E-state index is -5.93. The van der Waals surface area contributed by atoms with E-state index >= 15 is 0 Å². The summed E-state index contributed by atoms with van der Waals surface area (Å²) in [7, 11) is -17.6. The molecule has 0 aliphatic carbocycles. The second kappa shape index (κ2) is 19.5. The third-order valence-electron chi connectivity index (χ3n) is 7.27. The van der Waals surface area contributed by atoms with E-state index in [9.17, 15) is 67.8 Å². The van der Waals surface area contributed by atoms with E-state index in [2.05, 4.69) is 43.5 Å². The van der Waals surface area contributed by atoms with E-state index in [0.29, 0.717) is 0 Å². The maximum absolute atomic E-state index is 12.5. The van der Waals surface area contributed by atoms with Gasteiger partial charge in [-0.15, -0.1) is 0 Å². The summed E-state index contributed by atoms with van der Waals surface area (Å²) in [6.45, 7) is -0.222. The number of nitrogen functional groups attached to an aromatic ring is 1. The average molecular weight is 863 g/mol. The highest BCUT2D eigenvalue weighted by Gasteiger charge is 2.47. The number of aliphatic hydroxyl groups is 2. The Balaban J connectivity index is 1.49. The minimum Gasteiger partial charge on any atom is -0.790 e. The van der Waals surface area contributed by atoms with E-state index in [1.54, 1.807) is 0 Å². The van der Waals surface area contributed by atoms with Crippen LogP contribution in [0.5, 0.6) is 0 Å². The molecule has 1 fully saturated rings. The summed E-state index contributed by atoms with van der Waals surface area (Å²) in [4.78, 5) is 106. The maximum atomic E-state index is 12.5. The number of carbonyl (C=O) groups excluding carboxylic acids is 4. The Morgan fingerprint density at radius 2 is 1.71 bits per heavy atom. The van der Waals surface area contributed by atoms with Gasteiger partial charge in [0.2, 0.25) is 11.8 Å². The van der Waals surface area contributed by atoms with Crippen molar-refractivity contribution in [1.29, 1.82) is 0 Å². The van der Waals surface area contributed by atoms with E-state index < -0.39 is 102 Å². The van der Waals surface area contributed by atoms with Gasteiger partial charge < -0.3 is 78.9 Å². The van der Waals surface area contributed by atoms with Crippen molar-refractivity contribution in [3.63, 3.8) is 0 Å². The van der Waals surface area contributed by atoms with Gasteiger partial charge in [0.1, 0.15) is 36.3 Å². The van der Waals surface area contributed by atoms with E-state index in [4.69, 9.17) is 10.5 Å². The van der Waals surface area contributed by atoms with E-state index in [1.807, 2.05) is 0 Å². The predicted octanol–water partition coefficient (Wildman–Crippen LogP) is -5.33. The first kappa shape index (κ1) is 46.4. The zero-order valence-corrected chi connectivity index (χ0v) is 32.1. The molecule has 6 N–H and O–H groups in total. The molecule has 30 heteroatoms. The predicted molar refractivity (Wildman–Crippen MR) is 172 cm³/mol. The summed E-state index contributed by atoms with van der Waals surface area (Å²) < 4.78 is 60.3. The monoisotopic (exact) mass is 862 g/mol. The summed E-state index contributed by atoms with van der Waals surface area (Å²) in [6, 6.07) is 0. The third kappa shape index (κ3) is 14.5. The number of ether oxygens (including phenoxy) is 1. The number of phosphoric acid groups is 3. The number of carboxylic acids is 1. The molecule has 7 atom stereocenters. The van der Waals surface area contributed by atoms with Crippen LogP contribution < -0.4 is 41.0 Å². The number of fused-ring (bicyclic) bond motifs is 1. The van der Waals surface area contributed by atoms with Crippen LogP contribution in [0, 0.1) is 5.41 Å². The number of amides is 2. The molecule has 2 aromatic rings. The molecule has 0 radical (unpaired) electrons. The topological polar surface area (TPSA) is 415 Å². The Kier molecular flexibility index (Phi) is 16.4. The molecule has 310 valence electrons. The number of thioether (sulfide) groups is 1. The number of imidazole rings is 1. The SMILES string of the molecule is CC(C)(COP(=O)([O-])OP(=O)([O-])OCC1OC(n2cnc3c(N)ncnc32)C(O)C1OP(=O)([O-])[O-])C(O)C(=O)NCCC(=O)NCCSC(=O)CCC(=O)[O-]. The van der Waals surface area contributed by atoms with Gasteiger partial charge in [0.25, 0.3) is 15.6 Å². The standard InChI is InChI=1S/C25H40N7O19P3S/c1-25(2,20(38)23(39)28-6-5-14(33)27-7-8-55-16(36)4-3-15(34)35)10-48-54(45,46)51-53(43,44)47-9-13-19(50-52(40,41)42)18(37)24(49-13)32-12-31-17-21(26)29-11-30-22(17)32/h11-13,18-20,24,37-38H,3-10H2,1-2H3,(H,27,33)(H,28,39)(H,34,35)(H,43,44)(H,45,46)(H2,26,29,30)(H2,40,41,42)/p-5. The Labute approximate surface area is 314 Å². The van der Waals surface area contributed by atoms with Crippen LogP contribution in [0.2, 0.25) is 0 Å². The molecule has 0 spiro atoms. The number of aromatic nitrogens is 4. The number of nitrogens with one attached hydrogen (secondary N) is 2. The number of aliphatic hydroxyl groups excluding tert-OH is 2. The molecular formula is C25H35N7O19P3S-5. The number of carbonyl (C=O) groups is 4. The van der Waals surface area contributed by atoms with Gasteiger partial charge >= 0.3 is 0 Å². The highest BCUT2D eigenvalue weighted by molar-refractivity contribution is 8.13. The fraction of sp³-hybridized carbons (Fsp3) is 0.640. The summed E-state index contributed by atoms with van der Waals surface area (Å²) in [5.74, 6) is -2.92. The summed E-state index contributed by atoms with van der Waals surface area (Å²) in [5.41, 5.74) is 4.00.